The third kappa shape index (κ3) is 7.35. The highest BCUT2D eigenvalue weighted by Gasteiger charge is 2.50. The molecular weight excluding hydrogens is 438 g/mol. The first kappa shape index (κ1) is 24.8. The van der Waals surface area contributed by atoms with Crippen molar-refractivity contribution in [3.63, 3.8) is 0 Å². The molecule has 0 saturated heterocycles. The maximum Gasteiger partial charge on any atom is 0.407 e. The summed E-state index contributed by atoms with van der Waals surface area (Å²) in [5, 5.41) is 2.66. The van der Waals surface area contributed by atoms with E-state index in [1.54, 1.807) is 0 Å². The van der Waals surface area contributed by atoms with Crippen LogP contribution >= 0.6 is 11.8 Å². The standard InChI is InChI=1S/C26H31NO5S/c1-20(28)33-23-14-8-15-26(23,24(29)31-18-21-10-4-2-5-11-21)16-9-17-27-25(30)32-19-22-12-6-3-7-13-22/h2-7,10-13,23H,8-9,14-19H2,1H3,(H,27,30). The zero-order valence-corrected chi connectivity index (χ0v) is 19.8. The van der Waals surface area contributed by atoms with E-state index in [2.05, 4.69) is 5.32 Å². The van der Waals surface area contributed by atoms with Gasteiger partial charge in [0.25, 0.3) is 0 Å². The smallest absolute Gasteiger partial charge is 0.407 e. The summed E-state index contributed by atoms with van der Waals surface area (Å²) < 4.78 is 11.0. The molecule has 1 aliphatic rings. The maximum absolute atomic E-state index is 13.3. The van der Waals surface area contributed by atoms with Gasteiger partial charge in [-0.1, -0.05) is 78.8 Å². The lowest BCUT2D eigenvalue weighted by Gasteiger charge is -2.32. The third-order valence-corrected chi connectivity index (χ3v) is 7.22. The molecule has 0 aliphatic heterocycles. The van der Waals surface area contributed by atoms with E-state index >= 15 is 0 Å². The Labute approximate surface area is 199 Å². The van der Waals surface area contributed by atoms with E-state index in [-0.39, 0.29) is 29.5 Å². The van der Waals surface area contributed by atoms with E-state index in [1.165, 1.54) is 18.7 Å². The van der Waals surface area contributed by atoms with Crippen molar-refractivity contribution in [2.45, 2.75) is 57.5 Å². The molecule has 1 N–H and O–H groups in total. The molecular formula is C26H31NO5S. The van der Waals surface area contributed by atoms with E-state index < -0.39 is 11.5 Å². The van der Waals surface area contributed by atoms with Gasteiger partial charge < -0.3 is 14.8 Å². The number of carbonyl (C=O) groups excluding carboxylic acids is 3. The molecule has 1 saturated carbocycles. The first-order valence-electron chi connectivity index (χ1n) is 11.3. The van der Waals surface area contributed by atoms with Gasteiger partial charge in [0.05, 0.1) is 5.41 Å². The molecule has 2 atom stereocenters. The molecule has 2 unspecified atom stereocenters. The van der Waals surface area contributed by atoms with Crippen LogP contribution < -0.4 is 5.32 Å². The zero-order chi connectivity index (χ0) is 23.5. The Morgan fingerprint density at radius 1 is 0.970 bits per heavy atom. The van der Waals surface area contributed by atoms with Crippen LogP contribution in [0.3, 0.4) is 0 Å². The van der Waals surface area contributed by atoms with Crippen molar-refractivity contribution in [2.24, 2.45) is 5.41 Å². The fraction of sp³-hybridized carbons (Fsp3) is 0.423. The third-order valence-electron chi connectivity index (χ3n) is 5.91. The van der Waals surface area contributed by atoms with Crippen molar-refractivity contribution >= 4 is 28.9 Å². The number of thioether (sulfide) groups is 1. The van der Waals surface area contributed by atoms with Gasteiger partial charge in [0.2, 0.25) is 0 Å². The Morgan fingerprint density at radius 2 is 1.58 bits per heavy atom. The molecule has 33 heavy (non-hydrogen) atoms. The van der Waals surface area contributed by atoms with Gasteiger partial charge in [-0.25, -0.2) is 4.79 Å². The Balaban J connectivity index is 1.53. The van der Waals surface area contributed by atoms with Gasteiger partial charge in [-0.15, -0.1) is 0 Å². The molecule has 176 valence electrons. The molecule has 1 fully saturated rings. The Hall–Kier alpha value is -2.80. The molecule has 2 aromatic carbocycles. The number of esters is 1. The summed E-state index contributed by atoms with van der Waals surface area (Å²) in [5.74, 6) is -0.255. The van der Waals surface area contributed by atoms with Crippen LogP contribution in [0.4, 0.5) is 4.79 Å². The van der Waals surface area contributed by atoms with Crippen molar-refractivity contribution in [3.05, 3.63) is 71.8 Å². The van der Waals surface area contributed by atoms with Crippen LogP contribution in [-0.4, -0.2) is 29.0 Å². The van der Waals surface area contributed by atoms with Crippen LogP contribution in [0.5, 0.6) is 0 Å². The molecule has 7 heteroatoms. The fourth-order valence-electron chi connectivity index (χ4n) is 4.27. The average Bonchev–Trinajstić information content (AvgIpc) is 3.23. The van der Waals surface area contributed by atoms with Gasteiger partial charge in [-0.3, -0.25) is 9.59 Å². The highest BCUT2D eigenvalue weighted by molar-refractivity contribution is 8.14. The van der Waals surface area contributed by atoms with E-state index in [1.807, 2.05) is 60.7 Å². The normalized spacial score (nSPS) is 19.6. The molecule has 2 aromatic rings. The molecule has 1 aliphatic carbocycles. The number of ether oxygens (including phenoxy) is 2. The van der Waals surface area contributed by atoms with Crippen molar-refractivity contribution in [2.75, 3.05) is 6.54 Å². The molecule has 3 rings (SSSR count). The summed E-state index contributed by atoms with van der Waals surface area (Å²) in [6.07, 6.45) is 3.01. The minimum Gasteiger partial charge on any atom is -0.460 e. The summed E-state index contributed by atoms with van der Waals surface area (Å²) in [7, 11) is 0. The predicted octanol–water partition coefficient (Wildman–Crippen LogP) is 5.26. The summed E-state index contributed by atoms with van der Waals surface area (Å²) in [6.45, 7) is 2.34. The van der Waals surface area contributed by atoms with Gasteiger partial charge in [-0.2, -0.15) is 0 Å². The molecule has 0 aromatic heterocycles. The summed E-state index contributed by atoms with van der Waals surface area (Å²) in [6, 6.07) is 19.1. The largest absolute Gasteiger partial charge is 0.460 e. The predicted molar refractivity (Wildman–Crippen MR) is 128 cm³/mol. The first-order chi connectivity index (χ1) is 16.0. The maximum atomic E-state index is 13.3. The minimum absolute atomic E-state index is 0.00440. The highest BCUT2D eigenvalue weighted by atomic mass is 32.2. The van der Waals surface area contributed by atoms with Crippen LogP contribution in [0.15, 0.2) is 60.7 Å². The summed E-state index contributed by atoms with van der Waals surface area (Å²) in [4.78, 5) is 37.1. The number of hydrogen-bond acceptors (Lipinski definition) is 6. The quantitative estimate of drug-likeness (QED) is 0.378. The lowest BCUT2D eigenvalue weighted by atomic mass is 9.81. The number of carbonyl (C=O) groups is 3. The van der Waals surface area contributed by atoms with Gasteiger partial charge in [0.1, 0.15) is 13.2 Å². The Morgan fingerprint density at radius 3 is 2.18 bits per heavy atom. The molecule has 6 nitrogen and oxygen atoms in total. The summed E-state index contributed by atoms with van der Waals surface area (Å²) >= 11 is 1.24. The lowest BCUT2D eigenvalue weighted by Crippen LogP contribution is -2.39. The molecule has 0 spiro atoms. The second-order valence-corrected chi connectivity index (χ2v) is 9.68. The van der Waals surface area contributed by atoms with Gasteiger partial charge in [-0.05, 0) is 36.8 Å². The van der Waals surface area contributed by atoms with Crippen LogP contribution in [0, 0.1) is 5.41 Å². The zero-order valence-electron chi connectivity index (χ0n) is 19.0. The van der Waals surface area contributed by atoms with E-state index in [0.29, 0.717) is 25.8 Å². The number of amides is 1. The second kappa shape index (κ2) is 12.4. The number of rotatable bonds is 10. The van der Waals surface area contributed by atoms with Gasteiger partial charge in [0.15, 0.2) is 5.12 Å². The van der Waals surface area contributed by atoms with E-state index in [0.717, 1.165) is 24.0 Å². The number of alkyl carbamates (subject to hydrolysis) is 1. The van der Waals surface area contributed by atoms with Crippen LogP contribution in [0.1, 0.15) is 50.2 Å². The van der Waals surface area contributed by atoms with Crippen molar-refractivity contribution < 1.29 is 23.9 Å². The topological polar surface area (TPSA) is 81.7 Å². The van der Waals surface area contributed by atoms with E-state index in [9.17, 15) is 14.4 Å². The minimum atomic E-state index is -0.721. The monoisotopic (exact) mass is 469 g/mol. The average molecular weight is 470 g/mol. The van der Waals surface area contributed by atoms with Crippen molar-refractivity contribution in [3.8, 4) is 0 Å². The Kier molecular flexibility index (Phi) is 9.36. The molecule has 0 bridgehead atoms. The van der Waals surface area contributed by atoms with Crippen LogP contribution in [0.2, 0.25) is 0 Å². The first-order valence-corrected chi connectivity index (χ1v) is 12.2. The molecule has 0 radical (unpaired) electrons. The highest BCUT2D eigenvalue weighted by Crippen LogP contribution is 2.49. The van der Waals surface area contributed by atoms with Crippen molar-refractivity contribution in [1.29, 1.82) is 0 Å². The molecule has 1 amide bonds. The van der Waals surface area contributed by atoms with Gasteiger partial charge >= 0.3 is 12.1 Å². The van der Waals surface area contributed by atoms with Crippen molar-refractivity contribution in [1.82, 2.24) is 5.32 Å². The van der Waals surface area contributed by atoms with Crippen LogP contribution in [0.25, 0.3) is 0 Å². The Bertz CT molecular complexity index is 921. The number of benzene rings is 2. The second-order valence-electron chi connectivity index (χ2n) is 8.30. The summed E-state index contributed by atoms with van der Waals surface area (Å²) in [5.41, 5.74) is 1.13. The fourth-order valence-corrected chi connectivity index (χ4v) is 5.51. The van der Waals surface area contributed by atoms with Crippen LogP contribution in [-0.2, 0) is 32.3 Å². The number of nitrogens with one attached hydrogen (secondary N) is 1. The lowest BCUT2D eigenvalue weighted by molar-refractivity contribution is -0.157. The van der Waals surface area contributed by atoms with Gasteiger partial charge in [0, 0.05) is 18.7 Å². The molecule has 0 heterocycles. The SMILES string of the molecule is CC(=O)SC1CCCC1(CCCNC(=O)OCc1ccccc1)C(=O)OCc1ccccc1. The number of hydrogen-bond donors (Lipinski definition) is 1. The van der Waals surface area contributed by atoms with E-state index in [4.69, 9.17) is 9.47 Å².